The van der Waals surface area contributed by atoms with Gasteiger partial charge in [0.2, 0.25) is 5.91 Å². The molecule has 146 valence electrons. The summed E-state index contributed by atoms with van der Waals surface area (Å²) >= 11 is 0. The van der Waals surface area contributed by atoms with E-state index in [4.69, 9.17) is 0 Å². The number of benzene rings is 2. The van der Waals surface area contributed by atoms with E-state index in [0.717, 1.165) is 54.9 Å². The molecule has 2 aromatic carbocycles. The number of nitrogens with zero attached hydrogens (tertiary/aromatic N) is 3. The number of nitrogens with one attached hydrogen (secondary N) is 1. The smallest absolute Gasteiger partial charge is 0.244 e. The number of hydrogen-bond acceptors (Lipinski definition) is 3. The average molecular weight is 377 g/mol. The van der Waals surface area contributed by atoms with Crippen LogP contribution in [-0.2, 0) is 11.3 Å². The number of aromatic nitrogens is 2. The summed E-state index contributed by atoms with van der Waals surface area (Å²) in [6.07, 6.45) is 3.43. The standard InChI is InChI=1S/C23H28N4O/c1-18-25-20-12-6-7-13-21(20)27(18)17-14-24-22(19-10-4-2-5-11-19)23(28)26-15-8-3-9-16-26/h2,4-7,10-13,22,24H,3,8-9,14-17H2,1H3/t22-/m0/s1. The van der Waals surface area contributed by atoms with Gasteiger partial charge in [0.05, 0.1) is 11.0 Å². The Balaban J connectivity index is 1.49. The van der Waals surface area contributed by atoms with E-state index in [9.17, 15) is 4.79 Å². The van der Waals surface area contributed by atoms with Gasteiger partial charge >= 0.3 is 0 Å². The number of imidazole rings is 1. The first kappa shape index (κ1) is 18.7. The highest BCUT2D eigenvalue weighted by Gasteiger charge is 2.26. The van der Waals surface area contributed by atoms with Crippen molar-refractivity contribution in [2.45, 2.75) is 38.8 Å². The van der Waals surface area contributed by atoms with E-state index in [2.05, 4.69) is 20.9 Å². The number of carbonyl (C=O) groups is 1. The zero-order valence-electron chi connectivity index (χ0n) is 16.5. The van der Waals surface area contributed by atoms with Crippen LogP contribution in [0.4, 0.5) is 0 Å². The number of amides is 1. The van der Waals surface area contributed by atoms with Crippen molar-refractivity contribution in [3.05, 3.63) is 66.0 Å². The van der Waals surface area contributed by atoms with E-state index in [1.807, 2.05) is 60.4 Å². The predicted octanol–water partition coefficient (Wildman–Crippen LogP) is 3.69. The SMILES string of the molecule is Cc1nc2ccccc2n1CCN[C@H](C(=O)N1CCCCC1)c1ccccc1. The molecule has 2 heterocycles. The molecule has 5 heteroatoms. The highest BCUT2D eigenvalue weighted by atomic mass is 16.2. The second-order valence-electron chi connectivity index (χ2n) is 7.48. The molecule has 0 saturated carbocycles. The van der Waals surface area contributed by atoms with Crippen LogP contribution in [0.25, 0.3) is 11.0 Å². The van der Waals surface area contributed by atoms with Crippen molar-refractivity contribution in [2.24, 2.45) is 0 Å². The van der Waals surface area contributed by atoms with Crippen LogP contribution in [-0.4, -0.2) is 40.0 Å². The number of piperidine rings is 1. The van der Waals surface area contributed by atoms with E-state index in [1.54, 1.807) is 0 Å². The van der Waals surface area contributed by atoms with Gasteiger partial charge in [0.15, 0.2) is 0 Å². The van der Waals surface area contributed by atoms with Crippen LogP contribution >= 0.6 is 0 Å². The van der Waals surface area contributed by atoms with Crippen LogP contribution in [0.2, 0.25) is 0 Å². The molecule has 1 N–H and O–H groups in total. The largest absolute Gasteiger partial charge is 0.341 e. The molecule has 0 bridgehead atoms. The quantitative estimate of drug-likeness (QED) is 0.714. The van der Waals surface area contributed by atoms with Gasteiger partial charge in [0.1, 0.15) is 11.9 Å². The normalized spacial score (nSPS) is 15.7. The third-order valence-electron chi connectivity index (χ3n) is 5.58. The summed E-state index contributed by atoms with van der Waals surface area (Å²) in [4.78, 5) is 19.9. The number of para-hydroxylation sites is 2. The van der Waals surface area contributed by atoms with E-state index in [1.165, 1.54) is 6.42 Å². The minimum absolute atomic E-state index is 0.193. The van der Waals surface area contributed by atoms with Crippen LogP contribution in [0.15, 0.2) is 54.6 Å². The van der Waals surface area contributed by atoms with Crippen LogP contribution < -0.4 is 5.32 Å². The lowest BCUT2D eigenvalue weighted by atomic mass is 10.0. The van der Waals surface area contributed by atoms with Crippen molar-refractivity contribution in [1.29, 1.82) is 0 Å². The van der Waals surface area contributed by atoms with Gasteiger partial charge in [0, 0.05) is 26.2 Å². The zero-order valence-corrected chi connectivity index (χ0v) is 16.5. The van der Waals surface area contributed by atoms with Gasteiger partial charge in [-0.15, -0.1) is 0 Å². The Hall–Kier alpha value is -2.66. The maximum atomic E-state index is 13.2. The Morgan fingerprint density at radius 1 is 1.04 bits per heavy atom. The highest BCUT2D eigenvalue weighted by molar-refractivity contribution is 5.83. The predicted molar refractivity (Wildman–Crippen MR) is 112 cm³/mol. The molecule has 0 aliphatic carbocycles. The lowest BCUT2D eigenvalue weighted by Gasteiger charge is -2.31. The Labute approximate surface area is 166 Å². The van der Waals surface area contributed by atoms with E-state index in [0.29, 0.717) is 6.54 Å². The van der Waals surface area contributed by atoms with E-state index in [-0.39, 0.29) is 11.9 Å². The monoisotopic (exact) mass is 376 g/mol. The molecule has 1 amide bonds. The van der Waals surface area contributed by atoms with Gasteiger partial charge in [-0.05, 0) is 43.9 Å². The van der Waals surface area contributed by atoms with Gasteiger partial charge < -0.3 is 14.8 Å². The lowest BCUT2D eigenvalue weighted by Crippen LogP contribution is -2.44. The summed E-state index contributed by atoms with van der Waals surface area (Å²) in [7, 11) is 0. The maximum Gasteiger partial charge on any atom is 0.244 e. The fraction of sp³-hybridized carbons (Fsp3) is 0.391. The Morgan fingerprint density at radius 2 is 1.75 bits per heavy atom. The number of rotatable bonds is 6. The second kappa shape index (κ2) is 8.57. The second-order valence-corrected chi connectivity index (χ2v) is 7.48. The fourth-order valence-electron chi connectivity index (χ4n) is 4.09. The number of carbonyl (C=O) groups excluding carboxylic acids is 1. The minimum atomic E-state index is -0.297. The van der Waals surface area contributed by atoms with Crippen LogP contribution in [0.3, 0.4) is 0 Å². The summed E-state index contributed by atoms with van der Waals surface area (Å²) < 4.78 is 2.22. The average Bonchev–Trinajstić information content (AvgIpc) is 3.07. The molecular weight excluding hydrogens is 348 g/mol. The minimum Gasteiger partial charge on any atom is -0.341 e. The van der Waals surface area contributed by atoms with Gasteiger partial charge in [0.25, 0.3) is 0 Å². The van der Waals surface area contributed by atoms with Gasteiger partial charge in [-0.25, -0.2) is 4.98 Å². The van der Waals surface area contributed by atoms with Crippen molar-refractivity contribution in [2.75, 3.05) is 19.6 Å². The van der Waals surface area contributed by atoms with E-state index >= 15 is 0 Å². The molecule has 1 fully saturated rings. The molecule has 0 radical (unpaired) electrons. The molecule has 0 unspecified atom stereocenters. The molecule has 28 heavy (non-hydrogen) atoms. The third kappa shape index (κ3) is 3.94. The number of aryl methyl sites for hydroxylation is 1. The topological polar surface area (TPSA) is 50.2 Å². The zero-order chi connectivity index (χ0) is 19.3. The first-order valence-corrected chi connectivity index (χ1v) is 10.2. The Bertz CT molecular complexity index is 928. The molecular formula is C23H28N4O. The van der Waals surface area contributed by atoms with Gasteiger partial charge in [-0.3, -0.25) is 4.79 Å². The van der Waals surface area contributed by atoms with Gasteiger partial charge in [-0.1, -0.05) is 42.5 Å². The van der Waals surface area contributed by atoms with Crippen molar-refractivity contribution in [3.63, 3.8) is 0 Å². The summed E-state index contributed by atoms with van der Waals surface area (Å²) in [6.45, 7) is 5.26. The highest BCUT2D eigenvalue weighted by Crippen LogP contribution is 2.20. The molecule has 1 aromatic heterocycles. The Kier molecular flexibility index (Phi) is 5.72. The van der Waals surface area contributed by atoms with Crippen LogP contribution in [0, 0.1) is 6.92 Å². The van der Waals surface area contributed by atoms with Gasteiger partial charge in [-0.2, -0.15) is 0 Å². The lowest BCUT2D eigenvalue weighted by molar-refractivity contribution is -0.134. The summed E-state index contributed by atoms with van der Waals surface area (Å²) in [6, 6.07) is 18.0. The maximum absolute atomic E-state index is 13.2. The van der Waals surface area contributed by atoms with Crippen molar-refractivity contribution < 1.29 is 4.79 Å². The molecule has 1 aliphatic rings. The van der Waals surface area contributed by atoms with Crippen LogP contribution in [0.1, 0.15) is 36.7 Å². The van der Waals surface area contributed by atoms with E-state index < -0.39 is 0 Å². The molecule has 0 spiro atoms. The number of likely N-dealkylation sites (tertiary alicyclic amines) is 1. The fourth-order valence-corrected chi connectivity index (χ4v) is 4.09. The third-order valence-corrected chi connectivity index (χ3v) is 5.58. The molecule has 1 atom stereocenters. The molecule has 4 rings (SSSR count). The van der Waals surface area contributed by atoms with Crippen molar-refractivity contribution >= 4 is 16.9 Å². The molecule has 1 saturated heterocycles. The Morgan fingerprint density at radius 3 is 2.54 bits per heavy atom. The summed E-state index contributed by atoms with van der Waals surface area (Å²) in [5.74, 6) is 1.19. The molecule has 3 aromatic rings. The molecule has 1 aliphatic heterocycles. The summed E-state index contributed by atoms with van der Waals surface area (Å²) in [5, 5.41) is 3.52. The molecule has 5 nitrogen and oxygen atoms in total. The van der Waals surface area contributed by atoms with Crippen LogP contribution in [0.5, 0.6) is 0 Å². The summed E-state index contributed by atoms with van der Waals surface area (Å²) in [5.41, 5.74) is 3.19. The van der Waals surface area contributed by atoms with Crippen molar-refractivity contribution in [3.8, 4) is 0 Å². The van der Waals surface area contributed by atoms with Crippen molar-refractivity contribution in [1.82, 2.24) is 19.8 Å². The first-order chi connectivity index (χ1) is 13.7. The number of hydrogen-bond donors (Lipinski definition) is 1. The first-order valence-electron chi connectivity index (χ1n) is 10.2. The number of fused-ring (bicyclic) bond motifs is 1.